The topological polar surface area (TPSA) is 50.8 Å². The Hall–Kier alpha value is -1.75. The molecule has 1 aromatic rings. The lowest BCUT2D eigenvalue weighted by Crippen LogP contribution is -2.34. The van der Waals surface area contributed by atoms with Crippen LogP contribution >= 0.6 is 0 Å². The first kappa shape index (κ1) is 18.6. The Balaban J connectivity index is 1.92. The predicted octanol–water partition coefficient (Wildman–Crippen LogP) is 4.06. The Morgan fingerprint density at radius 3 is 2.75 bits per heavy atom. The number of urea groups is 1. The molecule has 0 aromatic heterocycles. The normalized spacial score (nSPS) is 16.5. The van der Waals surface area contributed by atoms with Crippen molar-refractivity contribution in [1.82, 2.24) is 4.90 Å². The van der Waals surface area contributed by atoms with E-state index < -0.39 is 0 Å². The number of hydrogen-bond acceptors (Lipinski definition) is 3. The van der Waals surface area contributed by atoms with Crippen molar-refractivity contribution < 1.29 is 14.3 Å². The summed E-state index contributed by atoms with van der Waals surface area (Å²) in [6, 6.07) is 5.72. The smallest absolute Gasteiger partial charge is 0.321 e. The summed E-state index contributed by atoms with van der Waals surface area (Å²) < 4.78 is 11.4. The second kappa shape index (κ2) is 8.92. The zero-order valence-corrected chi connectivity index (χ0v) is 15.3. The van der Waals surface area contributed by atoms with E-state index in [0.29, 0.717) is 5.92 Å². The molecule has 1 fully saturated rings. The molecule has 1 unspecified atom stereocenters. The molecule has 1 aromatic carbocycles. The molecule has 1 saturated heterocycles. The van der Waals surface area contributed by atoms with Crippen molar-refractivity contribution in [3.63, 3.8) is 0 Å². The van der Waals surface area contributed by atoms with Crippen molar-refractivity contribution >= 4 is 11.7 Å². The molecular formula is C19H30N2O3. The minimum Gasteiger partial charge on any atom is -0.490 e. The highest BCUT2D eigenvalue weighted by Crippen LogP contribution is 2.25. The van der Waals surface area contributed by atoms with E-state index in [-0.39, 0.29) is 12.1 Å². The van der Waals surface area contributed by atoms with Crippen LogP contribution in [0.4, 0.5) is 10.5 Å². The molecule has 5 heteroatoms. The molecule has 1 aliphatic rings. The molecule has 0 aliphatic carbocycles. The molecule has 2 amide bonds. The van der Waals surface area contributed by atoms with Crippen molar-refractivity contribution in [2.24, 2.45) is 5.92 Å². The Kier molecular flexibility index (Phi) is 6.91. The van der Waals surface area contributed by atoms with Gasteiger partial charge in [-0.3, -0.25) is 0 Å². The van der Waals surface area contributed by atoms with Crippen LogP contribution in [0.25, 0.3) is 0 Å². The van der Waals surface area contributed by atoms with Crippen LogP contribution in [0.1, 0.15) is 38.7 Å². The average Bonchev–Trinajstić information content (AvgIpc) is 2.58. The van der Waals surface area contributed by atoms with Crippen LogP contribution in [0, 0.1) is 12.8 Å². The van der Waals surface area contributed by atoms with Crippen molar-refractivity contribution in [1.29, 1.82) is 0 Å². The van der Waals surface area contributed by atoms with Gasteiger partial charge >= 0.3 is 6.03 Å². The summed E-state index contributed by atoms with van der Waals surface area (Å²) in [5.74, 6) is 1.38. The third-order valence-electron chi connectivity index (χ3n) is 4.52. The van der Waals surface area contributed by atoms with Crippen molar-refractivity contribution in [2.75, 3.05) is 32.1 Å². The quantitative estimate of drug-likeness (QED) is 0.853. The summed E-state index contributed by atoms with van der Waals surface area (Å²) in [6.07, 6.45) is 3.14. The molecule has 1 aliphatic heterocycles. The van der Waals surface area contributed by atoms with Gasteiger partial charge in [-0.05, 0) is 36.6 Å². The first-order valence-corrected chi connectivity index (χ1v) is 8.86. The van der Waals surface area contributed by atoms with E-state index in [0.717, 1.165) is 56.0 Å². The van der Waals surface area contributed by atoms with Gasteiger partial charge in [0.1, 0.15) is 11.9 Å². The number of carbonyl (C=O) groups is 1. The summed E-state index contributed by atoms with van der Waals surface area (Å²) in [4.78, 5) is 14.0. The second-order valence-electron chi connectivity index (χ2n) is 6.73. The molecule has 0 bridgehead atoms. The third-order valence-corrected chi connectivity index (χ3v) is 4.52. The molecule has 24 heavy (non-hydrogen) atoms. The summed E-state index contributed by atoms with van der Waals surface area (Å²) in [6.45, 7) is 8.58. The number of carbonyl (C=O) groups excluding carboxylic acids is 1. The fourth-order valence-corrected chi connectivity index (χ4v) is 2.73. The maximum atomic E-state index is 12.2. The summed E-state index contributed by atoms with van der Waals surface area (Å²) in [5, 5.41) is 2.95. The fourth-order valence-electron chi connectivity index (χ4n) is 2.73. The van der Waals surface area contributed by atoms with Gasteiger partial charge in [0.25, 0.3) is 0 Å². The number of nitrogens with zero attached hydrogens (tertiary/aromatic N) is 1. The van der Waals surface area contributed by atoms with Gasteiger partial charge in [-0.25, -0.2) is 4.79 Å². The Labute approximate surface area is 145 Å². The zero-order valence-electron chi connectivity index (χ0n) is 15.3. The number of ether oxygens (including phenoxy) is 2. The van der Waals surface area contributed by atoms with Crippen molar-refractivity contribution in [3.8, 4) is 5.75 Å². The van der Waals surface area contributed by atoms with Crippen molar-refractivity contribution in [3.05, 3.63) is 23.8 Å². The van der Waals surface area contributed by atoms with E-state index in [4.69, 9.17) is 9.47 Å². The van der Waals surface area contributed by atoms with E-state index in [1.54, 1.807) is 4.90 Å². The number of benzene rings is 1. The van der Waals surface area contributed by atoms with Gasteiger partial charge in [-0.1, -0.05) is 20.3 Å². The van der Waals surface area contributed by atoms with Crippen LogP contribution in [0.5, 0.6) is 5.75 Å². The first-order valence-electron chi connectivity index (χ1n) is 8.86. The summed E-state index contributed by atoms with van der Waals surface area (Å²) >= 11 is 0. The van der Waals surface area contributed by atoms with Crippen LogP contribution in [-0.4, -0.2) is 43.8 Å². The highest BCUT2D eigenvalue weighted by Gasteiger charge is 2.17. The largest absolute Gasteiger partial charge is 0.490 e. The molecule has 2 rings (SSSR count). The van der Waals surface area contributed by atoms with E-state index in [2.05, 4.69) is 19.2 Å². The fraction of sp³-hybridized carbons (Fsp3) is 0.632. The number of rotatable bonds is 6. The molecule has 1 atom stereocenters. The summed E-state index contributed by atoms with van der Waals surface area (Å²) in [5.41, 5.74) is 1.83. The molecule has 1 N–H and O–H groups in total. The molecule has 0 radical (unpaired) electrons. The molecule has 134 valence electrons. The SMILES string of the molecule is CCC(C)CN(C)C(=O)Nc1ccc(OC2CCOCC2)c(C)c1. The van der Waals surface area contributed by atoms with Gasteiger partial charge in [-0.15, -0.1) is 0 Å². The minimum absolute atomic E-state index is 0.0761. The number of anilines is 1. The maximum Gasteiger partial charge on any atom is 0.321 e. The lowest BCUT2D eigenvalue weighted by molar-refractivity contribution is 0.0253. The first-order chi connectivity index (χ1) is 11.5. The Bertz CT molecular complexity index is 541. The molecule has 0 saturated carbocycles. The Morgan fingerprint density at radius 1 is 1.42 bits per heavy atom. The number of hydrogen-bond donors (Lipinski definition) is 1. The van der Waals surface area contributed by atoms with Crippen LogP contribution in [0.2, 0.25) is 0 Å². The minimum atomic E-state index is -0.0761. The lowest BCUT2D eigenvalue weighted by atomic mass is 10.1. The molecular weight excluding hydrogens is 304 g/mol. The van der Waals surface area contributed by atoms with Gasteiger partial charge in [0.15, 0.2) is 0 Å². The van der Waals surface area contributed by atoms with Crippen LogP contribution in [0.3, 0.4) is 0 Å². The van der Waals surface area contributed by atoms with Gasteiger partial charge < -0.3 is 19.7 Å². The van der Waals surface area contributed by atoms with Gasteiger partial charge in [-0.2, -0.15) is 0 Å². The molecule has 0 spiro atoms. The average molecular weight is 334 g/mol. The van der Waals surface area contributed by atoms with E-state index >= 15 is 0 Å². The number of amides is 2. The maximum absolute atomic E-state index is 12.2. The van der Waals surface area contributed by atoms with Crippen LogP contribution < -0.4 is 10.1 Å². The molecule has 5 nitrogen and oxygen atoms in total. The zero-order chi connectivity index (χ0) is 17.5. The van der Waals surface area contributed by atoms with Gasteiger partial charge in [0.05, 0.1) is 13.2 Å². The standard InChI is InChI=1S/C19H30N2O3/c1-5-14(2)13-21(4)19(22)20-16-6-7-18(15(3)12-16)24-17-8-10-23-11-9-17/h6-7,12,14,17H,5,8-11,13H2,1-4H3,(H,20,22). The molecule has 1 heterocycles. The number of nitrogens with one attached hydrogen (secondary N) is 1. The van der Waals surface area contributed by atoms with Crippen LogP contribution in [-0.2, 0) is 4.74 Å². The number of aryl methyl sites for hydroxylation is 1. The second-order valence-corrected chi connectivity index (χ2v) is 6.73. The highest BCUT2D eigenvalue weighted by atomic mass is 16.5. The Morgan fingerprint density at radius 2 is 2.12 bits per heavy atom. The van der Waals surface area contributed by atoms with E-state index in [1.807, 2.05) is 32.2 Å². The monoisotopic (exact) mass is 334 g/mol. The van der Waals surface area contributed by atoms with Crippen LogP contribution in [0.15, 0.2) is 18.2 Å². The van der Waals surface area contributed by atoms with Gasteiger partial charge in [0, 0.05) is 32.1 Å². The highest BCUT2D eigenvalue weighted by molar-refractivity contribution is 5.89. The van der Waals surface area contributed by atoms with E-state index in [1.165, 1.54) is 0 Å². The third kappa shape index (κ3) is 5.41. The lowest BCUT2D eigenvalue weighted by Gasteiger charge is -2.24. The predicted molar refractivity (Wildman–Crippen MR) is 96.8 cm³/mol. The van der Waals surface area contributed by atoms with Gasteiger partial charge in [0.2, 0.25) is 0 Å². The summed E-state index contributed by atoms with van der Waals surface area (Å²) in [7, 11) is 1.83. The van der Waals surface area contributed by atoms with E-state index in [9.17, 15) is 4.79 Å². The van der Waals surface area contributed by atoms with Crippen molar-refractivity contribution in [2.45, 2.75) is 46.1 Å².